The van der Waals surface area contributed by atoms with Gasteiger partial charge in [-0.25, -0.2) is 0 Å². The number of morpholine rings is 1. The number of aliphatic imine (C=N–C) groups is 1. The maximum absolute atomic E-state index is 12.7. The molecule has 1 amide bonds. The number of likely N-dealkylation sites (tertiary alicyclic amines) is 1. The summed E-state index contributed by atoms with van der Waals surface area (Å²) in [5.74, 6) is 0.913. The Balaban J connectivity index is 0.00000300. The molecule has 2 aliphatic heterocycles. The van der Waals surface area contributed by atoms with Crippen LogP contribution in [-0.4, -0.2) is 92.1 Å². The second kappa shape index (κ2) is 12.3. The van der Waals surface area contributed by atoms with Crippen molar-refractivity contribution in [2.75, 3.05) is 59.5 Å². The number of benzene rings is 1. The van der Waals surface area contributed by atoms with Crippen LogP contribution in [0, 0.1) is 0 Å². The Bertz CT molecular complexity index is 652. The Kier molecular flexibility index (Phi) is 10.2. The van der Waals surface area contributed by atoms with Crippen LogP contribution in [0.3, 0.4) is 0 Å². The van der Waals surface area contributed by atoms with Crippen LogP contribution in [0.25, 0.3) is 0 Å². The van der Waals surface area contributed by atoms with E-state index in [1.807, 2.05) is 30.0 Å². The molecule has 1 unspecified atom stereocenters. The summed E-state index contributed by atoms with van der Waals surface area (Å²) in [6.07, 6.45) is 1.13. The Morgan fingerprint density at radius 3 is 2.62 bits per heavy atom. The number of rotatable bonds is 6. The highest BCUT2D eigenvalue weighted by atomic mass is 127. The standard InChI is InChI=1S/C21H33N5O2.HI/c1-3-24(16-18-7-5-4-6-8-18)20(27)15-23-21(22-2)26-10-9-19(17-26)25-11-13-28-14-12-25;/h4-8,19H,3,9-17H2,1-2H3,(H,22,23);1H. The van der Waals surface area contributed by atoms with Crippen LogP contribution in [-0.2, 0) is 16.1 Å². The third-order valence-electron chi connectivity index (χ3n) is 5.59. The predicted octanol–water partition coefficient (Wildman–Crippen LogP) is 1.63. The van der Waals surface area contributed by atoms with Gasteiger partial charge in [0, 0.05) is 52.4 Å². The lowest BCUT2D eigenvalue weighted by atomic mass is 10.2. The van der Waals surface area contributed by atoms with Gasteiger partial charge in [-0.15, -0.1) is 24.0 Å². The van der Waals surface area contributed by atoms with Gasteiger partial charge in [0.15, 0.2) is 5.96 Å². The van der Waals surface area contributed by atoms with Crippen molar-refractivity contribution in [1.82, 2.24) is 20.0 Å². The van der Waals surface area contributed by atoms with Gasteiger partial charge < -0.3 is 19.9 Å². The molecule has 1 atom stereocenters. The molecule has 0 aliphatic carbocycles. The average molecular weight is 515 g/mol. The number of nitrogens with zero attached hydrogens (tertiary/aromatic N) is 4. The summed E-state index contributed by atoms with van der Waals surface area (Å²) in [7, 11) is 1.79. The Morgan fingerprint density at radius 2 is 1.97 bits per heavy atom. The third-order valence-corrected chi connectivity index (χ3v) is 5.59. The van der Waals surface area contributed by atoms with Gasteiger partial charge in [-0.05, 0) is 18.9 Å². The second-order valence-corrected chi connectivity index (χ2v) is 7.33. The smallest absolute Gasteiger partial charge is 0.242 e. The molecule has 2 fully saturated rings. The molecule has 162 valence electrons. The SMILES string of the molecule is CCN(Cc1ccccc1)C(=O)CNC(=NC)N1CCC(N2CCOCC2)C1.I. The summed E-state index contributed by atoms with van der Waals surface area (Å²) < 4.78 is 5.46. The number of hydrogen-bond donors (Lipinski definition) is 1. The van der Waals surface area contributed by atoms with E-state index in [0.29, 0.717) is 19.1 Å². The summed E-state index contributed by atoms with van der Waals surface area (Å²) in [6, 6.07) is 10.7. The molecular formula is C21H34IN5O2. The predicted molar refractivity (Wildman–Crippen MR) is 127 cm³/mol. The van der Waals surface area contributed by atoms with Gasteiger partial charge >= 0.3 is 0 Å². The topological polar surface area (TPSA) is 60.4 Å². The van der Waals surface area contributed by atoms with E-state index in [0.717, 1.165) is 57.3 Å². The van der Waals surface area contributed by atoms with Crippen LogP contribution in [0.1, 0.15) is 18.9 Å². The summed E-state index contributed by atoms with van der Waals surface area (Å²) in [6.45, 7) is 9.21. The van der Waals surface area contributed by atoms with Crippen LogP contribution in [0.2, 0.25) is 0 Å². The Labute approximate surface area is 191 Å². The third kappa shape index (κ3) is 6.82. The van der Waals surface area contributed by atoms with Crippen LogP contribution in [0.4, 0.5) is 0 Å². The van der Waals surface area contributed by atoms with Gasteiger partial charge in [-0.2, -0.15) is 0 Å². The highest BCUT2D eigenvalue weighted by Crippen LogP contribution is 2.17. The molecule has 0 saturated carbocycles. The van der Waals surface area contributed by atoms with Crippen molar-refractivity contribution in [1.29, 1.82) is 0 Å². The van der Waals surface area contributed by atoms with Gasteiger partial charge in [0.05, 0.1) is 19.8 Å². The molecule has 2 aliphatic rings. The molecule has 29 heavy (non-hydrogen) atoms. The normalized spacial score (nSPS) is 20.3. The minimum atomic E-state index is 0. The number of halogens is 1. The van der Waals surface area contributed by atoms with Crippen molar-refractivity contribution < 1.29 is 9.53 Å². The first-order chi connectivity index (χ1) is 13.7. The van der Waals surface area contributed by atoms with Crippen LogP contribution < -0.4 is 5.32 Å². The number of ether oxygens (including phenoxy) is 1. The molecule has 2 heterocycles. The maximum Gasteiger partial charge on any atom is 0.242 e. The Morgan fingerprint density at radius 1 is 1.24 bits per heavy atom. The van der Waals surface area contributed by atoms with Crippen molar-refractivity contribution in [2.24, 2.45) is 4.99 Å². The van der Waals surface area contributed by atoms with E-state index in [1.54, 1.807) is 7.05 Å². The quantitative estimate of drug-likeness (QED) is 0.355. The van der Waals surface area contributed by atoms with Crippen molar-refractivity contribution in [3.8, 4) is 0 Å². The van der Waals surface area contributed by atoms with Crippen molar-refractivity contribution in [2.45, 2.75) is 25.9 Å². The monoisotopic (exact) mass is 515 g/mol. The van der Waals surface area contributed by atoms with Gasteiger partial charge in [0.1, 0.15) is 0 Å². The molecule has 7 nitrogen and oxygen atoms in total. The first-order valence-electron chi connectivity index (χ1n) is 10.3. The number of likely N-dealkylation sites (N-methyl/N-ethyl adjacent to an activating group) is 1. The van der Waals surface area contributed by atoms with Gasteiger partial charge in [0.2, 0.25) is 5.91 Å². The largest absolute Gasteiger partial charge is 0.379 e. The molecule has 1 aromatic carbocycles. The van der Waals surface area contributed by atoms with Crippen LogP contribution >= 0.6 is 24.0 Å². The zero-order valence-corrected chi connectivity index (χ0v) is 19.9. The highest BCUT2D eigenvalue weighted by Gasteiger charge is 2.30. The number of carbonyl (C=O) groups excluding carboxylic acids is 1. The van der Waals surface area contributed by atoms with Crippen molar-refractivity contribution in [3.05, 3.63) is 35.9 Å². The van der Waals surface area contributed by atoms with Crippen molar-refractivity contribution in [3.63, 3.8) is 0 Å². The van der Waals surface area contributed by atoms with E-state index < -0.39 is 0 Å². The lowest BCUT2D eigenvalue weighted by Gasteiger charge is -2.32. The van der Waals surface area contributed by atoms with Crippen LogP contribution in [0.5, 0.6) is 0 Å². The zero-order chi connectivity index (χ0) is 19.8. The summed E-state index contributed by atoms with van der Waals surface area (Å²) in [5.41, 5.74) is 1.15. The molecule has 0 spiro atoms. The maximum atomic E-state index is 12.7. The molecule has 2 saturated heterocycles. The van der Waals surface area contributed by atoms with E-state index in [4.69, 9.17) is 4.74 Å². The zero-order valence-electron chi connectivity index (χ0n) is 17.5. The van der Waals surface area contributed by atoms with Crippen molar-refractivity contribution >= 4 is 35.8 Å². The number of nitrogens with one attached hydrogen (secondary N) is 1. The molecule has 0 bridgehead atoms. The minimum Gasteiger partial charge on any atom is -0.379 e. The molecule has 8 heteroatoms. The first-order valence-corrected chi connectivity index (χ1v) is 10.3. The van der Waals surface area contributed by atoms with Gasteiger partial charge in [-0.3, -0.25) is 14.7 Å². The summed E-state index contributed by atoms with van der Waals surface area (Å²) >= 11 is 0. The second-order valence-electron chi connectivity index (χ2n) is 7.33. The summed E-state index contributed by atoms with van der Waals surface area (Å²) in [5, 5.41) is 3.28. The highest BCUT2D eigenvalue weighted by molar-refractivity contribution is 14.0. The Hall–Kier alpha value is -1.39. The number of amides is 1. The number of guanidine groups is 1. The lowest BCUT2D eigenvalue weighted by Crippen LogP contribution is -2.48. The molecular weight excluding hydrogens is 481 g/mol. The average Bonchev–Trinajstić information content (AvgIpc) is 3.24. The van der Waals surface area contributed by atoms with E-state index in [9.17, 15) is 4.79 Å². The van der Waals surface area contributed by atoms with E-state index in [2.05, 4.69) is 32.2 Å². The van der Waals surface area contributed by atoms with E-state index in [1.165, 1.54) is 0 Å². The van der Waals surface area contributed by atoms with Crippen LogP contribution in [0.15, 0.2) is 35.3 Å². The van der Waals surface area contributed by atoms with E-state index >= 15 is 0 Å². The fourth-order valence-electron chi connectivity index (χ4n) is 3.95. The summed E-state index contributed by atoms with van der Waals surface area (Å²) in [4.78, 5) is 23.8. The molecule has 3 rings (SSSR count). The van der Waals surface area contributed by atoms with E-state index in [-0.39, 0.29) is 36.4 Å². The number of hydrogen-bond acceptors (Lipinski definition) is 4. The first kappa shape index (κ1) is 23.9. The van der Waals surface area contributed by atoms with Gasteiger partial charge in [0.25, 0.3) is 0 Å². The molecule has 1 N–H and O–H groups in total. The fraction of sp³-hybridized carbons (Fsp3) is 0.619. The fourth-order valence-corrected chi connectivity index (χ4v) is 3.95. The van der Waals surface area contributed by atoms with Gasteiger partial charge in [-0.1, -0.05) is 30.3 Å². The lowest BCUT2D eigenvalue weighted by molar-refractivity contribution is -0.130. The molecule has 0 radical (unpaired) electrons. The number of carbonyl (C=O) groups is 1. The molecule has 1 aromatic rings. The molecule has 0 aromatic heterocycles. The minimum absolute atomic E-state index is 0.